The number of ether oxygens (including phenoxy) is 1. The highest BCUT2D eigenvalue weighted by atomic mass is 35.5. The number of benzene rings is 1. The SMILES string of the molecule is CC(C)=CC[C@@](C)(NCc1ccc(Cl)cc1)C(=O)OC(C)(C)C. The van der Waals surface area contributed by atoms with E-state index in [-0.39, 0.29) is 5.97 Å². The first-order chi connectivity index (χ1) is 10.5. The van der Waals surface area contributed by atoms with Crippen LogP contribution in [0.1, 0.15) is 53.5 Å². The molecule has 0 unspecified atom stereocenters. The third kappa shape index (κ3) is 7.19. The van der Waals surface area contributed by atoms with Gasteiger partial charge in [-0.1, -0.05) is 35.4 Å². The molecule has 0 fully saturated rings. The molecule has 0 aliphatic carbocycles. The Balaban J connectivity index is 2.88. The fraction of sp³-hybridized carbons (Fsp3) is 0.526. The summed E-state index contributed by atoms with van der Waals surface area (Å²) in [6.07, 6.45) is 2.64. The molecule has 0 radical (unpaired) electrons. The van der Waals surface area contributed by atoms with Gasteiger partial charge in [-0.25, -0.2) is 0 Å². The highest BCUT2D eigenvalue weighted by molar-refractivity contribution is 6.30. The number of allylic oxidation sites excluding steroid dienone is 1. The first-order valence-corrected chi connectivity index (χ1v) is 8.26. The standard InChI is InChI=1S/C19H28ClNO2/c1-14(2)11-12-19(6,17(22)23-18(3,4)5)21-13-15-7-9-16(20)10-8-15/h7-11,21H,12-13H2,1-6H3/t19-/m1/s1. The number of carbonyl (C=O) groups is 1. The second-order valence-electron chi connectivity index (χ2n) is 7.30. The monoisotopic (exact) mass is 337 g/mol. The lowest BCUT2D eigenvalue weighted by Gasteiger charge is -2.32. The maximum Gasteiger partial charge on any atom is 0.326 e. The third-order valence-electron chi connectivity index (χ3n) is 3.36. The Bertz CT molecular complexity index is 554. The molecular formula is C19H28ClNO2. The van der Waals surface area contributed by atoms with Crippen LogP contribution in [0.5, 0.6) is 0 Å². The molecule has 4 heteroatoms. The lowest BCUT2D eigenvalue weighted by atomic mass is 9.95. The maximum absolute atomic E-state index is 12.6. The molecule has 0 bridgehead atoms. The predicted molar refractivity (Wildman–Crippen MR) is 96.6 cm³/mol. The smallest absolute Gasteiger partial charge is 0.326 e. The second kappa shape index (κ2) is 7.98. The van der Waals surface area contributed by atoms with E-state index in [9.17, 15) is 4.79 Å². The first kappa shape index (κ1) is 19.7. The van der Waals surface area contributed by atoms with Crippen molar-refractivity contribution in [3.05, 3.63) is 46.5 Å². The van der Waals surface area contributed by atoms with Crippen molar-refractivity contribution in [1.29, 1.82) is 0 Å². The van der Waals surface area contributed by atoms with Crippen LogP contribution in [0.25, 0.3) is 0 Å². The summed E-state index contributed by atoms with van der Waals surface area (Å²) in [5.74, 6) is -0.239. The van der Waals surface area contributed by atoms with Crippen LogP contribution in [0.3, 0.4) is 0 Å². The minimum atomic E-state index is -0.774. The quantitative estimate of drug-likeness (QED) is 0.593. The number of halogens is 1. The van der Waals surface area contributed by atoms with Crippen molar-refractivity contribution in [3.63, 3.8) is 0 Å². The van der Waals surface area contributed by atoms with Crippen LogP contribution < -0.4 is 5.32 Å². The summed E-state index contributed by atoms with van der Waals surface area (Å²) >= 11 is 5.91. The summed E-state index contributed by atoms with van der Waals surface area (Å²) in [7, 11) is 0. The Kier molecular flexibility index (Phi) is 6.84. The summed E-state index contributed by atoms with van der Waals surface area (Å²) in [5.41, 5.74) is 0.963. The van der Waals surface area contributed by atoms with Crippen molar-refractivity contribution in [1.82, 2.24) is 5.32 Å². The van der Waals surface area contributed by atoms with E-state index in [1.54, 1.807) is 0 Å². The highest BCUT2D eigenvalue weighted by Gasteiger charge is 2.35. The Morgan fingerprint density at radius 2 is 1.74 bits per heavy atom. The molecule has 0 aliphatic heterocycles. The summed E-state index contributed by atoms with van der Waals surface area (Å²) in [4.78, 5) is 12.6. The van der Waals surface area contributed by atoms with Gasteiger partial charge in [0.2, 0.25) is 0 Å². The van der Waals surface area contributed by atoms with Gasteiger partial charge in [-0.15, -0.1) is 0 Å². The van der Waals surface area contributed by atoms with Gasteiger partial charge >= 0.3 is 5.97 Å². The van der Waals surface area contributed by atoms with E-state index in [1.165, 1.54) is 5.57 Å². The summed E-state index contributed by atoms with van der Waals surface area (Å²) in [6, 6.07) is 7.59. The molecular weight excluding hydrogens is 310 g/mol. The molecule has 1 N–H and O–H groups in total. The Labute approximate surface area is 145 Å². The van der Waals surface area contributed by atoms with Crippen molar-refractivity contribution >= 4 is 17.6 Å². The van der Waals surface area contributed by atoms with Gasteiger partial charge in [0.25, 0.3) is 0 Å². The fourth-order valence-corrected chi connectivity index (χ4v) is 2.05. The van der Waals surface area contributed by atoms with Crippen molar-refractivity contribution < 1.29 is 9.53 Å². The number of esters is 1. The molecule has 1 rings (SSSR count). The molecule has 0 saturated heterocycles. The van der Waals surface area contributed by atoms with Crippen molar-refractivity contribution in [2.24, 2.45) is 0 Å². The molecule has 23 heavy (non-hydrogen) atoms. The maximum atomic E-state index is 12.6. The molecule has 1 aromatic carbocycles. The number of carbonyl (C=O) groups excluding carboxylic acids is 1. The van der Waals surface area contributed by atoms with Gasteiger partial charge in [0.1, 0.15) is 11.1 Å². The Hall–Kier alpha value is -1.32. The first-order valence-electron chi connectivity index (χ1n) is 7.88. The third-order valence-corrected chi connectivity index (χ3v) is 3.62. The largest absolute Gasteiger partial charge is 0.459 e. The molecule has 1 aromatic rings. The van der Waals surface area contributed by atoms with Crippen LogP contribution in [0.15, 0.2) is 35.9 Å². The zero-order valence-corrected chi connectivity index (χ0v) is 15.8. The zero-order chi connectivity index (χ0) is 17.7. The van der Waals surface area contributed by atoms with E-state index >= 15 is 0 Å². The molecule has 0 heterocycles. The number of hydrogen-bond donors (Lipinski definition) is 1. The number of nitrogens with one attached hydrogen (secondary N) is 1. The van der Waals surface area contributed by atoms with Gasteiger partial charge in [0.05, 0.1) is 0 Å². The van der Waals surface area contributed by atoms with Crippen LogP contribution in [0.2, 0.25) is 5.02 Å². The average Bonchev–Trinajstić information content (AvgIpc) is 2.42. The second-order valence-corrected chi connectivity index (χ2v) is 7.74. The molecule has 0 amide bonds. The highest BCUT2D eigenvalue weighted by Crippen LogP contribution is 2.20. The van der Waals surface area contributed by atoms with Gasteiger partial charge in [-0.05, 0) is 65.7 Å². The topological polar surface area (TPSA) is 38.3 Å². The van der Waals surface area contributed by atoms with Gasteiger partial charge in [-0.2, -0.15) is 0 Å². The molecule has 3 nitrogen and oxygen atoms in total. The number of rotatable bonds is 6. The van der Waals surface area contributed by atoms with Gasteiger partial charge in [0, 0.05) is 11.6 Å². The van der Waals surface area contributed by atoms with E-state index < -0.39 is 11.1 Å². The van der Waals surface area contributed by atoms with E-state index in [0.29, 0.717) is 18.0 Å². The van der Waals surface area contributed by atoms with Crippen molar-refractivity contribution in [2.75, 3.05) is 0 Å². The van der Waals surface area contributed by atoms with E-state index in [1.807, 2.05) is 65.8 Å². The molecule has 0 saturated carbocycles. The fourth-order valence-electron chi connectivity index (χ4n) is 1.93. The molecule has 0 spiro atoms. The Morgan fingerprint density at radius 3 is 2.22 bits per heavy atom. The summed E-state index contributed by atoms with van der Waals surface area (Å²) in [5, 5.41) is 4.05. The minimum absolute atomic E-state index is 0.239. The minimum Gasteiger partial charge on any atom is -0.459 e. The average molecular weight is 338 g/mol. The molecule has 0 aliphatic rings. The lowest BCUT2D eigenvalue weighted by Crippen LogP contribution is -2.51. The molecule has 0 aromatic heterocycles. The van der Waals surface area contributed by atoms with E-state index in [0.717, 1.165) is 5.56 Å². The predicted octanol–water partition coefficient (Wildman–Crippen LogP) is 4.89. The van der Waals surface area contributed by atoms with Crippen LogP contribution in [0, 0.1) is 0 Å². The summed E-state index contributed by atoms with van der Waals surface area (Å²) in [6.45, 7) is 12.1. The van der Waals surface area contributed by atoms with E-state index in [2.05, 4.69) is 11.4 Å². The van der Waals surface area contributed by atoms with Gasteiger partial charge in [-0.3, -0.25) is 10.1 Å². The van der Waals surface area contributed by atoms with Crippen LogP contribution in [-0.4, -0.2) is 17.1 Å². The van der Waals surface area contributed by atoms with Crippen LogP contribution >= 0.6 is 11.6 Å². The normalized spacial score (nSPS) is 14.0. The number of hydrogen-bond acceptors (Lipinski definition) is 3. The summed E-state index contributed by atoms with van der Waals surface area (Å²) < 4.78 is 5.59. The lowest BCUT2D eigenvalue weighted by molar-refractivity contribution is -0.162. The van der Waals surface area contributed by atoms with Gasteiger partial charge < -0.3 is 4.74 Å². The molecule has 128 valence electrons. The molecule has 1 atom stereocenters. The van der Waals surface area contributed by atoms with E-state index in [4.69, 9.17) is 16.3 Å². The van der Waals surface area contributed by atoms with Crippen LogP contribution in [-0.2, 0) is 16.1 Å². The van der Waals surface area contributed by atoms with Crippen LogP contribution in [0.4, 0.5) is 0 Å². The zero-order valence-electron chi connectivity index (χ0n) is 15.0. The van der Waals surface area contributed by atoms with Crippen molar-refractivity contribution in [3.8, 4) is 0 Å². The van der Waals surface area contributed by atoms with Gasteiger partial charge in [0.15, 0.2) is 0 Å². The Morgan fingerprint density at radius 1 is 1.17 bits per heavy atom. The van der Waals surface area contributed by atoms with Crippen molar-refractivity contribution in [2.45, 2.75) is 65.6 Å².